The van der Waals surface area contributed by atoms with Crippen LogP contribution in [-0.4, -0.2) is 10.8 Å². The van der Waals surface area contributed by atoms with Crippen molar-refractivity contribution < 1.29 is 4.79 Å². The maximum absolute atomic E-state index is 11.2. The minimum atomic E-state index is -0.0169. The smallest absolute Gasteiger partial charge is 0.171 e. The standard InChI is InChI=1S/C10H16N2OS/c1-4-5-8(11)10-12-6(2)9(14-10)7(3)13/h8H,4-5,11H2,1-3H3. The van der Waals surface area contributed by atoms with Gasteiger partial charge in [0.15, 0.2) is 5.78 Å². The van der Waals surface area contributed by atoms with Gasteiger partial charge in [-0.25, -0.2) is 4.98 Å². The number of carbonyl (C=O) groups is 1. The average Bonchev–Trinajstić information content (AvgIpc) is 2.48. The van der Waals surface area contributed by atoms with E-state index in [0.29, 0.717) is 0 Å². The average molecular weight is 212 g/mol. The molecule has 0 saturated carbocycles. The van der Waals surface area contributed by atoms with Gasteiger partial charge in [-0.05, 0) is 13.3 Å². The summed E-state index contributed by atoms with van der Waals surface area (Å²) in [6, 6.07) is -0.0169. The lowest BCUT2D eigenvalue weighted by atomic mass is 10.2. The Labute approximate surface area is 88.3 Å². The van der Waals surface area contributed by atoms with Gasteiger partial charge in [0.25, 0.3) is 0 Å². The maximum Gasteiger partial charge on any atom is 0.171 e. The molecule has 0 spiro atoms. The number of nitrogens with two attached hydrogens (primary N) is 1. The van der Waals surface area contributed by atoms with E-state index in [2.05, 4.69) is 11.9 Å². The first-order chi connectivity index (χ1) is 6.56. The van der Waals surface area contributed by atoms with Crippen LogP contribution in [-0.2, 0) is 0 Å². The summed E-state index contributed by atoms with van der Waals surface area (Å²) in [6.07, 6.45) is 1.96. The molecular formula is C10H16N2OS. The highest BCUT2D eigenvalue weighted by atomic mass is 32.1. The van der Waals surface area contributed by atoms with Crippen molar-refractivity contribution in [2.45, 2.75) is 39.7 Å². The Kier molecular flexibility index (Phi) is 3.77. The molecule has 0 aliphatic rings. The number of aryl methyl sites for hydroxylation is 1. The van der Waals surface area contributed by atoms with Gasteiger partial charge in [-0.1, -0.05) is 13.3 Å². The summed E-state index contributed by atoms with van der Waals surface area (Å²) < 4.78 is 0. The molecule has 1 atom stereocenters. The molecule has 1 unspecified atom stereocenters. The fourth-order valence-corrected chi connectivity index (χ4v) is 2.34. The molecule has 0 bridgehead atoms. The van der Waals surface area contributed by atoms with Gasteiger partial charge in [-0.3, -0.25) is 4.79 Å². The van der Waals surface area contributed by atoms with Crippen molar-refractivity contribution in [1.82, 2.24) is 4.98 Å². The van der Waals surface area contributed by atoms with Gasteiger partial charge in [0.2, 0.25) is 0 Å². The highest BCUT2D eigenvalue weighted by molar-refractivity contribution is 7.13. The van der Waals surface area contributed by atoms with Crippen LogP contribution in [0.2, 0.25) is 0 Å². The molecule has 0 radical (unpaired) electrons. The van der Waals surface area contributed by atoms with Gasteiger partial charge in [-0.2, -0.15) is 0 Å². The number of aromatic nitrogens is 1. The molecule has 0 amide bonds. The van der Waals surface area contributed by atoms with Gasteiger partial charge in [0.05, 0.1) is 16.6 Å². The second-order valence-electron chi connectivity index (χ2n) is 3.42. The molecule has 3 nitrogen and oxygen atoms in total. The number of hydrogen-bond donors (Lipinski definition) is 1. The third kappa shape index (κ3) is 2.39. The summed E-state index contributed by atoms with van der Waals surface area (Å²) >= 11 is 1.43. The zero-order valence-corrected chi connectivity index (χ0v) is 9.65. The molecule has 78 valence electrons. The first-order valence-electron chi connectivity index (χ1n) is 4.80. The monoisotopic (exact) mass is 212 g/mol. The number of carbonyl (C=O) groups excluding carboxylic acids is 1. The predicted octanol–water partition coefficient (Wildman–Crippen LogP) is 2.45. The topological polar surface area (TPSA) is 56.0 Å². The minimum absolute atomic E-state index is 0.0169. The Morgan fingerprint density at radius 2 is 2.29 bits per heavy atom. The van der Waals surface area contributed by atoms with Crippen molar-refractivity contribution in [3.63, 3.8) is 0 Å². The number of rotatable bonds is 4. The highest BCUT2D eigenvalue weighted by Gasteiger charge is 2.15. The Bertz CT molecular complexity index is 333. The molecule has 0 saturated heterocycles. The van der Waals surface area contributed by atoms with Crippen LogP contribution in [0.1, 0.15) is 53.1 Å². The molecule has 1 aromatic rings. The molecule has 0 fully saturated rings. The van der Waals surface area contributed by atoms with Crippen molar-refractivity contribution in [2.24, 2.45) is 5.73 Å². The van der Waals surface area contributed by atoms with E-state index in [0.717, 1.165) is 28.4 Å². The summed E-state index contributed by atoms with van der Waals surface area (Å²) in [7, 11) is 0. The first kappa shape index (κ1) is 11.3. The van der Waals surface area contributed by atoms with Crippen molar-refractivity contribution >= 4 is 17.1 Å². The molecule has 4 heteroatoms. The van der Waals surface area contributed by atoms with Crippen LogP contribution >= 0.6 is 11.3 Å². The van der Waals surface area contributed by atoms with E-state index >= 15 is 0 Å². The lowest BCUT2D eigenvalue weighted by Gasteiger charge is -2.04. The fraction of sp³-hybridized carbons (Fsp3) is 0.600. The lowest BCUT2D eigenvalue weighted by molar-refractivity contribution is 0.102. The molecule has 0 aliphatic carbocycles. The summed E-state index contributed by atoms with van der Waals surface area (Å²) in [5.41, 5.74) is 6.73. The number of hydrogen-bond acceptors (Lipinski definition) is 4. The minimum Gasteiger partial charge on any atom is -0.322 e. The SMILES string of the molecule is CCCC(N)c1nc(C)c(C(C)=O)s1. The quantitative estimate of drug-likeness (QED) is 0.780. The highest BCUT2D eigenvalue weighted by Crippen LogP contribution is 2.25. The number of nitrogens with zero attached hydrogens (tertiary/aromatic N) is 1. The van der Waals surface area contributed by atoms with Gasteiger partial charge in [0.1, 0.15) is 5.01 Å². The molecule has 1 heterocycles. The summed E-state index contributed by atoms with van der Waals surface area (Å²) in [4.78, 5) is 16.3. The lowest BCUT2D eigenvalue weighted by Crippen LogP contribution is -2.09. The first-order valence-corrected chi connectivity index (χ1v) is 5.61. The van der Waals surface area contributed by atoms with E-state index in [-0.39, 0.29) is 11.8 Å². The van der Waals surface area contributed by atoms with Gasteiger partial charge in [0, 0.05) is 6.92 Å². The number of thiazole rings is 1. The van der Waals surface area contributed by atoms with E-state index in [4.69, 9.17) is 5.73 Å². The van der Waals surface area contributed by atoms with Gasteiger partial charge < -0.3 is 5.73 Å². The largest absolute Gasteiger partial charge is 0.322 e. The van der Waals surface area contributed by atoms with Crippen LogP contribution < -0.4 is 5.73 Å². The van der Waals surface area contributed by atoms with Crippen LogP contribution in [0.25, 0.3) is 0 Å². The van der Waals surface area contributed by atoms with Crippen molar-refractivity contribution in [2.75, 3.05) is 0 Å². The Hall–Kier alpha value is -0.740. The molecule has 14 heavy (non-hydrogen) atoms. The van der Waals surface area contributed by atoms with Crippen LogP contribution in [0.3, 0.4) is 0 Å². The molecule has 0 aromatic carbocycles. The fourth-order valence-electron chi connectivity index (χ4n) is 1.34. The maximum atomic E-state index is 11.2. The zero-order chi connectivity index (χ0) is 10.7. The Morgan fingerprint density at radius 1 is 1.64 bits per heavy atom. The van der Waals surface area contributed by atoms with Gasteiger partial charge >= 0.3 is 0 Å². The second-order valence-corrected chi connectivity index (χ2v) is 4.45. The molecule has 1 aromatic heterocycles. The van der Waals surface area contributed by atoms with Gasteiger partial charge in [-0.15, -0.1) is 11.3 Å². The van der Waals surface area contributed by atoms with E-state index in [1.54, 1.807) is 6.92 Å². The van der Waals surface area contributed by atoms with Crippen molar-refractivity contribution in [1.29, 1.82) is 0 Å². The Morgan fingerprint density at radius 3 is 2.71 bits per heavy atom. The van der Waals surface area contributed by atoms with Crippen molar-refractivity contribution in [3.8, 4) is 0 Å². The van der Waals surface area contributed by atoms with E-state index in [1.807, 2.05) is 6.92 Å². The normalized spacial score (nSPS) is 12.9. The summed E-state index contributed by atoms with van der Waals surface area (Å²) in [6.45, 7) is 5.51. The predicted molar refractivity (Wildman–Crippen MR) is 58.7 cm³/mol. The summed E-state index contributed by atoms with van der Waals surface area (Å²) in [5.74, 6) is 0.0787. The number of Topliss-reactive ketones (excluding diaryl/α,β-unsaturated/α-hetero) is 1. The number of ketones is 1. The Balaban J connectivity index is 2.90. The van der Waals surface area contributed by atoms with E-state index in [1.165, 1.54) is 11.3 Å². The second kappa shape index (κ2) is 4.66. The van der Waals surface area contributed by atoms with Crippen LogP contribution in [0.5, 0.6) is 0 Å². The zero-order valence-electron chi connectivity index (χ0n) is 8.83. The summed E-state index contributed by atoms with van der Waals surface area (Å²) in [5, 5.41) is 0.884. The van der Waals surface area contributed by atoms with E-state index < -0.39 is 0 Å². The molecule has 2 N–H and O–H groups in total. The molecule has 0 aliphatic heterocycles. The van der Waals surface area contributed by atoms with Crippen LogP contribution in [0, 0.1) is 6.92 Å². The molecule has 1 rings (SSSR count). The third-order valence-electron chi connectivity index (χ3n) is 2.05. The van der Waals surface area contributed by atoms with Crippen molar-refractivity contribution in [3.05, 3.63) is 15.6 Å². The third-order valence-corrected chi connectivity index (χ3v) is 3.44. The van der Waals surface area contributed by atoms with Crippen LogP contribution in [0.15, 0.2) is 0 Å². The van der Waals surface area contributed by atoms with E-state index in [9.17, 15) is 4.79 Å². The van der Waals surface area contributed by atoms with Crippen LogP contribution in [0.4, 0.5) is 0 Å². The molecular weight excluding hydrogens is 196 g/mol.